The Morgan fingerprint density at radius 1 is 0.595 bits per heavy atom. The fourth-order valence-electron chi connectivity index (χ4n) is 4.80. The molecule has 0 atom stereocenters. The SMILES string of the molecule is c1csc(CN(CCC(B2Oc3ccccc3O2)B2Oc3ccccc3O2)B2Oc3ccccc3O2)c1. The fourth-order valence-corrected chi connectivity index (χ4v) is 5.53. The van der Waals surface area contributed by atoms with Gasteiger partial charge in [-0.3, -0.25) is 4.81 Å². The molecule has 0 unspecified atom stereocenters. The molecule has 0 spiro atoms. The second-order valence-electron chi connectivity index (χ2n) is 9.09. The lowest BCUT2D eigenvalue weighted by atomic mass is 9.50. The first-order valence-electron chi connectivity index (χ1n) is 12.3. The molecule has 1 aromatic heterocycles. The Morgan fingerprint density at radius 3 is 1.49 bits per heavy atom. The van der Waals surface area contributed by atoms with Crippen molar-refractivity contribution in [3.05, 3.63) is 95.2 Å². The van der Waals surface area contributed by atoms with E-state index in [1.54, 1.807) is 11.3 Å². The summed E-state index contributed by atoms with van der Waals surface area (Å²) in [6.45, 7) is 1.32. The average molecular weight is 509 g/mol. The van der Waals surface area contributed by atoms with Crippen LogP contribution in [-0.2, 0) is 6.54 Å². The largest absolute Gasteiger partial charge is 0.701 e. The molecule has 0 amide bonds. The van der Waals surface area contributed by atoms with E-state index in [9.17, 15) is 0 Å². The van der Waals surface area contributed by atoms with Gasteiger partial charge in [0, 0.05) is 11.4 Å². The van der Waals surface area contributed by atoms with Crippen LogP contribution in [0, 0.1) is 0 Å². The van der Waals surface area contributed by atoms with Gasteiger partial charge in [0.25, 0.3) is 0 Å². The van der Waals surface area contributed by atoms with Crippen molar-refractivity contribution >= 4 is 32.8 Å². The van der Waals surface area contributed by atoms with Crippen LogP contribution in [0.5, 0.6) is 34.5 Å². The third-order valence-electron chi connectivity index (χ3n) is 6.66. The number of para-hydroxylation sites is 6. The van der Waals surface area contributed by atoms with Crippen LogP contribution in [-0.4, -0.2) is 32.8 Å². The first-order valence-corrected chi connectivity index (χ1v) is 13.2. The van der Waals surface area contributed by atoms with Crippen molar-refractivity contribution in [3.63, 3.8) is 0 Å². The minimum absolute atomic E-state index is 0.227. The zero-order chi connectivity index (χ0) is 24.6. The minimum atomic E-state index is -0.553. The van der Waals surface area contributed by atoms with Gasteiger partial charge in [0.2, 0.25) is 0 Å². The molecular formula is C26H22B3NO6S. The highest BCUT2D eigenvalue weighted by molar-refractivity contribution is 7.09. The highest BCUT2D eigenvalue weighted by Crippen LogP contribution is 2.42. The van der Waals surface area contributed by atoms with E-state index in [2.05, 4.69) is 22.3 Å². The molecule has 0 radical (unpaired) electrons. The Morgan fingerprint density at radius 2 is 1.05 bits per heavy atom. The Labute approximate surface area is 220 Å². The monoisotopic (exact) mass is 509 g/mol. The predicted octanol–water partition coefficient (Wildman–Crippen LogP) is 5.23. The van der Waals surface area contributed by atoms with Crippen molar-refractivity contribution in [2.75, 3.05) is 6.54 Å². The minimum Gasteiger partial charge on any atom is -0.523 e. The van der Waals surface area contributed by atoms with Gasteiger partial charge in [-0.2, -0.15) is 0 Å². The number of hydrogen-bond donors (Lipinski definition) is 0. The molecule has 7 nitrogen and oxygen atoms in total. The Hall–Kier alpha value is -3.69. The van der Waals surface area contributed by atoms with Gasteiger partial charge in [-0.25, -0.2) is 0 Å². The molecule has 0 N–H and O–H groups in total. The van der Waals surface area contributed by atoms with Gasteiger partial charge in [0.1, 0.15) is 34.5 Å². The van der Waals surface area contributed by atoms with Crippen LogP contribution in [0.25, 0.3) is 0 Å². The molecule has 0 saturated heterocycles. The Balaban J connectivity index is 1.13. The molecule has 0 aliphatic carbocycles. The topological polar surface area (TPSA) is 58.6 Å². The summed E-state index contributed by atoms with van der Waals surface area (Å²) in [4.78, 5) is 3.41. The number of hydrogen-bond acceptors (Lipinski definition) is 8. The summed E-state index contributed by atoms with van der Waals surface area (Å²) in [5, 5.41) is 2.08. The molecule has 0 saturated carbocycles. The van der Waals surface area contributed by atoms with Gasteiger partial charge in [-0.1, -0.05) is 42.5 Å². The molecule has 0 fully saturated rings. The zero-order valence-electron chi connectivity index (χ0n) is 19.9. The Bertz CT molecular complexity index is 1260. The van der Waals surface area contributed by atoms with Crippen LogP contribution in [0.1, 0.15) is 11.3 Å². The second kappa shape index (κ2) is 9.65. The molecule has 7 rings (SSSR count). The van der Waals surface area contributed by atoms with E-state index >= 15 is 0 Å². The normalized spacial score (nSPS) is 14.8. The van der Waals surface area contributed by atoms with Crippen LogP contribution in [0.15, 0.2) is 90.3 Å². The third-order valence-corrected chi connectivity index (χ3v) is 7.52. The molecule has 3 aliphatic heterocycles. The van der Waals surface area contributed by atoms with Crippen LogP contribution < -0.4 is 27.9 Å². The standard InChI is InChI=1S/C26H22B3NO6S/c1-2-10-21-20(9-1)31-27(32-21)26(28-33-22-11-3-4-12-23(22)34-28)15-16-30(18-19-8-7-17-37-19)29-35-24-13-5-6-14-25(24)36-29/h1-14,17,26H,15-16,18H2. The first kappa shape index (κ1) is 22.5. The highest BCUT2D eigenvalue weighted by Gasteiger charge is 2.54. The molecule has 4 heterocycles. The molecule has 4 aromatic rings. The first-order chi connectivity index (χ1) is 18.3. The molecule has 11 heteroatoms. The zero-order valence-corrected chi connectivity index (χ0v) is 20.7. The summed E-state index contributed by atoms with van der Waals surface area (Å²) >= 11 is 1.71. The van der Waals surface area contributed by atoms with E-state index in [1.807, 2.05) is 72.8 Å². The van der Waals surface area contributed by atoms with Gasteiger partial charge < -0.3 is 27.9 Å². The van der Waals surface area contributed by atoms with Gasteiger partial charge in [-0.05, 0) is 60.8 Å². The van der Waals surface area contributed by atoms with E-state index in [0.29, 0.717) is 19.5 Å². The van der Waals surface area contributed by atoms with Crippen molar-refractivity contribution in [3.8, 4) is 34.5 Å². The van der Waals surface area contributed by atoms with Crippen molar-refractivity contribution in [2.24, 2.45) is 0 Å². The molecule has 182 valence electrons. The summed E-state index contributed by atoms with van der Waals surface area (Å²) in [6.07, 6.45) is 0.655. The van der Waals surface area contributed by atoms with Gasteiger partial charge in [-0.15, -0.1) is 11.3 Å². The highest BCUT2D eigenvalue weighted by atomic mass is 32.1. The summed E-state index contributed by atoms with van der Waals surface area (Å²) < 4.78 is 37.3. The lowest BCUT2D eigenvalue weighted by Crippen LogP contribution is -2.49. The average Bonchev–Trinajstić information content (AvgIpc) is 3.73. The second-order valence-corrected chi connectivity index (χ2v) is 10.1. The quantitative estimate of drug-likeness (QED) is 0.302. The molecule has 37 heavy (non-hydrogen) atoms. The van der Waals surface area contributed by atoms with Crippen molar-refractivity contribution < 1.29 is 27.9 Å². The van der Waals surface area contributed by atoms with Crippen molar-refractivity contribution in [1.29, 1.82) is 0 Å². The molecule has 0 bridgehead atoms. The maximum absolute atomic E-state index is 6.23. The Kier molecular flexibility index (Phi) is 5.87. The number of benzene rings is 3. The van der Waals surface area contributed by atoms with Gasteiger partial charge in [0.05, 0.1) is 5.72 Å². The third kappa shape index (κ3) is 4.49. The lowest BCUT2D eigenvalue weighted by Gasteiger charge is -2.25. The molecule has 3 aliphatic rings. The summed E-state index contributed by atoms with van der Waals surface area (Å²) in [6, 6.07) is 27.3. The van der Waals surface area contributed by atoms with Gasteiger partial charge >= 0.3 is 21.5 Å². The van der Waals surface area contributed by atoms with Crippen molar-refractivity contribution in [2.45, 2.75) is 18.7 Å². The van der Waals surface area contributed by atoms with Crippen LogP contribution in [0.2, 0.25) is 5.72 Å². The van der Waals surface area contributed by atoms with E-state index in [0.717, 1.165) is 34.5 Å². The van der Waals surface area contributed by atoms with Crippen LogP contribution >= 0.6 is 11.3 Å². The summed E-state index contributed by atoms with van der Waals surface area (Å²) in [5.41, 5.74) is -0.227. The smallest absolute Gasteiger partial charge is 0.523 e. The van der Waals surface area contributed by atoms with Gasteiger partial charge in [0.15, 0.2) is 0 Å². The molecular weight excluding hydrogens is 487 g/mol. The fraction of sp³-hybridized carbons (Fsp3) is 0.154. The number of nitrogens with zero attached hydrogens (tertiary/aromatic N) is 1. The number of fused-ring (bicyclic) bond motifs is 3. The maximum Gasteiger partial charge on any atom is 0.701 e. The summed E-state index contributed by atoms with van der Waals surface area (Å²) in [5.74, 6) is 4.39. The number of rotatable bonds is 8. The molecule has 3 aromatic carbocycles. The van der Waals surface area contributed by atoms with Crippen LogP contribution in [0.4, 0.5) is 0 Å². The van der Waals surface area contributed by atoms with E-state index < -0.39 is 21.5 Å². The summed E-state index contributed by atoms with van der Waals surface area (Å²) in [7, 11) is -1.64. The van der Waals surface area contributed by atoms with E-state index in [4.69, 9.17) is 27.9 Å². The van der Waals surface area contributed by atoms with Crippen molar-refractivity contribution in [1.82, 2.24) is 4.81 Å². The van der Waals surface area contributed by atoms with Crippen LogP contribution in [0.3, 0.4) is 0 Å². The predicted molar refractivity (Wildman–Crippen MR) is 143 cm³/mol. The van der Waals surface area contributed by atoms with E-state index in [1.165, 1.54) is 4.88 Å². The van der Waals surface area contributed by atoms with E-state index in [-0.39, 0.29) is 5.72 Å². The number of thiophene rings is 1. The lowest BCUT2D eigenvalue weighted by molar-refractivity contribution is 0.305. The maximum atomic E-state index is 6.23.